The van der Waals surface area contributed by atoms with E-state index in [-0.39, 0.29) is 11.1 Å². The minimum absolute atomic E-state index is 0.215. The molecule has 1 fully saturated rings. The molecule has 0 amide bonds. The monoisotopic (exact) mass is 576 g/mol. The molecule has 220 valence electrons. The van der Waals surface area contributed by atoms with E-state index in [9.17, 15) is 19.2 Å². The fourth-order valence-corrected chi connectivity index (χ4v) is 4.33. The summed E-state index contributed by atoms with van der Waals surface area (Å²) in [6.07, 6.45) is -6.93. The van der Waals surface area contributed by atoms with Crippen molar-refractivity contribution in [3.63, 3.8) is 0 Å². The van der Waals surface area contributed by atoms with Gasteiger partial charge in [-0.05, 0) is 50.2 Å². The smallest absolute Gasteiger partial charge is 0.338 e. The molecular weight excluding hydrogens is 544 g/mol. The van der Waals surface area contributed by atoms with Gasteiger partial charge < -0.3 is 28.4 Å². The van der Waals surface area contributed by atoms with E-state index in [4.69, 9.17) is 28.4 Å². The standard InChI is InChI=1S/C32H32O10/c1-20(2)38-32-28(39-21(3)33)27(42-31(36)24-17-11-6-12-18-24)26(41-30(35)23-15-9-5-10-16-23)25(40-32)19-37-29(34)22-13-7-4-8-14-22/h4-18,20,25-28,32H,19H2,1-3H3/t25?,26-,27?,28?,32+/m0/s1. The third-order valence-electron chi connectivity index (χ3n) is 6.19. The molecular formula is C32H32O10. The van der Waals surface area contributed by atoms with E-state index in [1.165, 1.54) is 6.92 Å². The summed E-state index contributed by atoms with van der Waals surface area (Å²) in [7, 11) is 0. The van der Waals surface area contributed by atoms with E-state index in [1.54, 1.807) is 105 Å². The van der Waals surface area contributed by atoms with Crippen molar-refractivity contribution < 1.29 is 47.6 Å². The van der Waals surface area contributed by atoms with Crippen molar-refractivity contribution in [1.29, 1.82) is 0 Å². The topological polar surface area (TPSA) is 124 Å². The zero-order valence-electron chi connectivity index (χ0n) is 23.4. The Morgan fingerprint density at radius 3 is 1.55 bits per heavy atom. The van der Waals surface area contributed by atoms with Gasteiger partial charge in [-0.1, -0.05) is 54.6 Å². The fourth-order valence-electron chi connectivity index (χ4n) is 4.33. The second-order valence-electron chi connectivity index (χ2n) is 9.74. The highest BCUT2D eigenvalue weighted by atomic mass is 16.7. The van der Waals surface area contributed by atoms with Crippen molar-refractivity contribution in [2.45, 2.75) is 57.6 Å². The van der Waals surface area contributed by atoms with Crippen LogP contribution in [0.1, 0.15) is 51.8 Å². The van der Waals surface area contributed by atoms with E-state index < -0.39 is 67.3 Å². The number of hydrogen-bond donors (Lipinski definition) is 0. The normalized spacial score (nSPS) is 21.7. The molecule has 10 heteroatoms. The van der Waals surface area contributed by atoms with Gasteiger partial charge in [-0.3, -0.25) is 4.79 Å². The Balaban J connectivity index is 1.71. The van der Waals surface area contributed by atoms with Gasteiger partial charge >= 0.3 is 23.9 Å². The second kappa shape index (κ2) is 14.4. The highest BCUT2D eigenvalue weighted by Crippen LogP contribution is 2.31. The predicted molar refractivity (Wildman–Crippen MR) is 148 cm³/mol. The molecule has 42 heavy (non-hydrogen) atoms. The number of benzene rings is 3. The first-order valence-electron chi connectivity index (χ1n) is 13.4. The summed E-state index contributed by atoms with van der Waals surface area (Å²) in [4.78, 5) is 51.5. The van der Waals surface area contributed by atoms with Crippen LogP contribution in [0.3, 0.4) is 0 Å². The minimum atomic E-state index is -1.40. The molecule has 10 nitrogen and oxygen atoms in total. The fraction of sp³-hybridized carbons (Fsp3) is 0.312. The van der Waals surface area contributed by atoms with E-state index in [0.29, 0.717) is 5.56 Å². The van der Waals surface area contributed by atoms with Gasteiger partial charge in [0.2, 0.25) is 0 Å². The number of hydrogen-bond acceptors (Lipinski definition) is 10. The maximum absolute atomic E-state index is 13.3. The van der Waals surface area contributed by atoms with Crippen molar-refractivity contribution in [2.75, 3.05) is 6.61 Å². The number of ether oxygens (including phenoxy) is 6. The van der Waals surface area contributed by atoms with Crippen LogP contribution >= 0.6 is 0 Å². The third-order valence-corrected chi connectivity index (χ3v) is 6.19. The number of carbonyl (C=O) groups is 4. The molecule has 0 saturated carbocycles. The van der Waals surface area contributed by atoms with Gasteiger partial charge in [0.15, 0.2) is 24.6 Å². The lowest BCUT2D eigenvalue weighted by Gasteiger charge is -2.44. The number of esters is 4. The molecule has 0 radical (unpaired) electrons. The number of carbonyl (C=O) groups excluding carboxylic acids is 4. The average molecular weight is 577 g/mol. The quantitative estimate of drug-likeness (QED) is 0.254. The van der Waals surface area contributed by atoms with Gasteiger partial charge in [0.05, 0.1) is 22.8 Å². The Bertz CT molecular complexity index is 1340. The van der Waals surface area contributed by atoms with E-state index in [2.05, 4.69) is 0 Å². The van der Waals surface area contributed by atoms with Crippen LogP contribution in [0.5, 0.6) is 0 Å². The first kappa shape index (κ1) is 30.4. The van der Waals surface area contributed by atoms with Gasteiger partial charge in [-0.25, -0.2) is 14.4 Å². The Labute approximate surface area is 243 Å². The maximum atomic E-state index is 13.3. The Morgan fingerprint density at radius 2 is 1.10 bits per heavy atom. The summed E-state index contributed by atoms with van der Waals surface area (Å²) in [6, 6.07) is 24.6. The highest BCUT2D eigenvalue weighted by Gasteiger charge is 2.53. The van der Waals surface area contributed by atoms with Crippen molar-refractivity contribution >= 4 is 23.9 Å². The zero-order chi connectivity index (χ0) is 30.1. The summed E-state index contributed by atoms with van der Waals surface area (Å²) in [5, 5.41) is 0. The van der Waals surface area contributed by atoms with Crippen LogP contribution in [0, 0.1) is 0 Å². The van der Waals surface area contributed by atoms with Gasteiger partial charge in [0.1, 0.15) is 12.7 Å². The van der Waals surface area contributed by atoms with Crippen molar-refractivity contribution in [3.8, 4) is 0 Å². The van der Waals surface area contributed by atoms with Crippen molar-refractivity contribution in [2.24, 2.45) is 0 Å². The molecule has 1 saturated heterocycles. The van der Waals surface area contributed by atoms with E-state index in [1.807, 2.05) is 0 Å². The Kier molecular flexibility index (Phi) is 10.4. The molecule has 0 aromatic heterocycles. The second-order valence-corrected chi connectivity index (χ2v) is 9.74. The lowest BCUT2D eigenvalue weighted by Crippen LogP contribution is -2.63. The number of rotatable bonds is 10. The largest absolute Gasteiger partial charge is 0.459 e. The van der Waals surface area contributed by atoms with Crippen molar-refractivity contribution in [1.82, 2.24) is 0 Å². The van der Waals surface area contributed by atoms with Crippen LogP contribution in [0.2, 0.25) is 0 Å². The molecule has 1 aliphatic rings. The third kappa shape index (κ3) is 8.02. The molecule has 4 rings (SSSR count). The molecule has 1 heterocycles. The van der Waals surface area contributed by atoms with Crippen LogP contribution in [0.4, 0.5) is 0 Å². The molecule has 5 atom stereocenters. The summed E-state index contributed by atoms with van der Waals surface area (Å²) >= 11 is 0. The lowest BCUT2D eigenvalue weighted by molar-refractivity contribution is -0.309. The van der Waals surface area contributed by atoms with E-state index >= 15 is 0 Å². The van der Waals surface area contributed by atoms with Gasteiger partial charge in [-0.2, -0.15) is 0 Å². The summed E-state index contributed by atoms with van der Waals surface area (Å²) in [5.74, 6) is -2.87. The molecule has 0 N–H and O–H groups in total. The Hall–Kier alpha value is -4.54. The average Bonchev–Trinajstić information content (AvgIpc) is 2.99. The van der Waals surface area contributed by atoms with Crippen LogP contribution in [0.15, 0.2) is 91.0 Å². The molecule has 3 aromatic carbocycles. The molecule has 3 aromatic rings. The molecule has 0 bridgehead atoms. The molecule has 1 aliphatic heterocycles. The summed E-state index contributed by atoms with van der Waals surface area (Å²) in [5.41, 5.74) is 0.730. The maximum Gasteiger partial charge on any atom is 0.338 e. The first-order chi connectivity index (χ1) is 20.2. The SMILES string of the molecule is CC(=O)OC1C(OC(=O)c2ccccc2)[C@@H](OC(=O)c2ccccc2)C(COC(=O)c2ccccc2)O[C@H]1OC(C)C. The van der Waals surface area contributed by atoms with Gasteiger partial charge in [0.25, 0.3) is 0 Å². The van der Waals surface area contributed by atoms with Crippen LogP contribution in [-0.4, -0.2) is 67.3 Å². The van der Waals surface area contributed by atoms with Crippen LogP contribution in [0.25, 0.3) is 0 Å². The van der Waals surface area contributed by atoms with E-state index in [0.717, 1.165) is 0 Å². The zero-order valence-corrected chi connectivity index (χ0v) is 23.4. The van der Waals surface area contributed by atoms with Crippen LogP contribution < -0.4 is 0 Å². The minimum Gasteiger partial charge on any atom is -0.459 e. The van der Waals surface area contributed by atoms with Crippen molar-refractivity contribution in [3.05, 3.63) is 108 Å². The summed E-state index contributed by atoms with van der Waals surface area (Å²) < 4.78 is 34.9. The van der Waals surface area contributed by atoms with Gasteiger partial charge in [0, 0.05) is 6.92 Å². The lowest BCUT2D eigenvalue weighted by atomic mass is 9.97. The highest BCUT2D eigenvalue weighted by molar-refractivity contribution is 5.91. The van der Waals surface area contributed by atoms with Crippen LogP contribution in [-0.2, 0) is 33.2 Å². The summed E-state index contributed by atoms with van der Waals surface area (Å²) in [6.45, 7) is 4.27. The molecule has 0 aliphatic carbocycles. The Morgan fingerprint density at radius 1 is 0.643 bits per heavy atom. The molecule has 3 unspecified atom stereocenters. The molecule has 0 spiro atoms. The predicted octanol–water partition coefficient (Wildman–Crippen LogP) is 4.38. The van der Waals surface area contributed by atoms with Gasteiger partial charge in [-0.15, -0.1) is 0 Å². The first-order valence-corrected chi connectivity index (χ1v) is 13.4.